The summed E-state index contributed by atoms with van der Waals surface area (Å²) in [7, 11) is -0.782. The Balaban J connectivity index is 4.63. The topological polar surface area (TPSA) is 82.1 Å². The molecular weight excluding hydrogens is 483 g/mol. The van der Waals surface area contributed by atoms with Gasteiger partial charge in [0.15, 0.2) is 0 Å². The fourth-order valence-corrected chi connectivity index (χ4v) is 5.49. The van der Waals surface area contributed by atoms with Crippen LogP contribution in [-0.4, -0.2) is 40.3 Å². The molecule has 0 saturated carbocycles. The number of carboxylic acids is 1. The van der Waals surface area contributed by atoms with Crippen molar-refractivity contribution in [2.24, 2.45) is 0 Å². The molecule has 0 aromatic heterocycles. The maximum Gasteiger partial charge on any atom is 0.380 e. The van der Waals surface area contributed by atoms with Gasteiger partial charge in [-0.25, -0.2) is 9.68 Å². The third kappa shape index (κ3) is 17.8. The maximum atomic E-state index is 11.7. The lowest BCUT2D eigenvalue weighted by atomic mass is 10.1. The first-order valence-electron chi connectivity index (χ1n) is 14.1. The van der Waals surface area contributed by atoms with Crippen molar-refractivity contribution >= 4 is 26.2 Å². The van der Waals surface area contributed by atoms with Gasteiger partial charge in [-0.15, -0.1) is 0 Å². The number of aliphatic carboxylic acids is 1. The zero-order chi connectivity index (χ0) is 26.2. The van der Waals surface area contributed by atoms with Gasteiger partial charge in [0.2, 0.25) is 8.46 Å². The minimum absolute atomic E-state index is 0.119. The van der Waals surface area contributed by atoms with Crippen molar-refractivity contribution in [1.82, 2.24) is 0 Å². The van der Waals surface area contributed by atoms with Gasteiger partial charge in [0, 0.05) is 5.25 Å². The average molecular weight is 537 g/mol. The SMILES string of the molecule is CCCCCCCCCCSC(CCCCCCCCC)C(C)OOC(OCCC)(P=O)C(=O)O. The summed E-state index contributed by atoms with van der Waals surface area (Å²) in [6, 6.07) is 0. The number of unbranched alkanes of at least 4 members (excludes halogenated alkanes) is 13. The summed E-state index contributed by atoms with van der Waals surface area (Å²) < 4.78 is 16.9. The van der Waals surface area contributed by atoms with E-state index in [-0.39, 0.29) is 18.0 Å². The summed E-state index contributed by atoms with van der Waals surface area (Å²) in [5.41, 5.74) is -2.31. The number of thioether (sulfide) groups is 1. The largest absolute Gasteiger partial charge is 0.477 e. The lowest BCUT2D eigenvalue weighted by Crippen LogP contribution is -2.41. The van der Waals surface area contributed by atoms with E-state index < -0.39 is 20.0 Å². The number of carboxylic acid groups (broad SMARTS) is 1. The molecule has 0 amide bonds. The van der Waals surface area contributed by atoms with E-state index in [4.69, 9.17) is 14.5 Å². The minimum atomic E-state index is -2.31. The molecule has 0 heterocycles. The Morgan fingerprint density at radius 1 is 0.829 bits per heavy atom. The van der Waals surface area contributed by atoms with Gasteiger partial charge in [0.25, 0.3) is 0 Å². The molecule has 0 rings (SSSR count). The molecule has 0 fully saturated rings. The van der Waals surface area contributed by atoms with Gasteiger partial charge in [-0.2, -0.15) is 16.6 Å². The standard InChI is InChI=1S/C27H53O6PS/c1-5-8-10-12-14-16-18-20-23-35-25(21-19-17-15-13-11-9-6-2)24(4)32-33-27(34-30,26(28)29)31-22-7-3/h24-25H,5-23H2,1-4H3,(H,28,29). The van der Waals surface area contributed by atoms with Crippen LogP contribution in [0.2, 0.25) is 0 Å². The second-order valence-electron chi connectivity index (χ2n) is 9.51. The van der Waals surface area contributed by atoms with E-state index in [1.54, 1.807) is 0 Å². The van der Waals surface area contributed by atoms with Crippen molar-refractivity contribution in [3.05, 3.63) is 0 Å². The quantitative estimate of drug-likeness (QED) is 0.0368. The smallest absolute Gasteiger partial charge is 0.380 e. The van der Waals surface area contributed by atoms with Gasteiger partial charge < -0.3 is 9.84 Å². The molecule has 0 aromatic rings. The highest BCUT2D eigenvalue weighted by atomic mass is 32.2. The summed E-state index contributed by atoms with van der Waals surface area (Å²) >= 11 is 1.88. The van der Waals surface area contributed by atoms with Crippen molar-refractivity contribution in [3.63, 3.8) is 0 Å². The Bertz CT molecular complexity index is 510. The fraction of sp³-hybridized carbons (Fsp3) is 0.963. The van der Waals surface area contributed by atoms with E-state index >= 15 is 0 Å². The molecule has 3 atom stereocenters. The van der Waals surface area contributed by atoms with Crippen molar-refractivity contribution in [1.29, 1.82) is 0 Å². The van der Waals surface area contributed by atoms with Gasteiger partial charge in [-0.3, -0.25) is 4.57 Å². The van der Waals surface area contributed by atoms with Crippen molar-refractivity contribution < 1.29 is 29.0 Å². The van der Waals surface area contributed by atoms with E-state index in [1.165, 1.54) is 89.9 Å². The lowest BCUT2D eigenvalue weighted by Gasteiger charge is -2.27. The highest BCUT2D eigenvalue weighted by Crippen LogP contribution is 2.31. The molecule has 35 heavy (non-hydrogen) atoms. The summed E-state index contributed by atoms with van der Waals surface area (Å²) in [6.45, 7) is 8.35. The highest BCUT2D eigenvalue weighted by molar-refractivity contribution is 7.99. The van der Waals surface area contributed by atoms with Gasteiger partial charge >= 0.3 is 11.5 Å². The van der Waals surface area contributed by atoms with Gasteiger partial charge in [-0.1, -0.05) is 111 Å². The number of ether oxygens (including phenoxy) is 1. The summed E-state index contributed by atoms with van der Waals surface area (Å²) in [6.07, 6.45) is 20.3. The van der Waals surface area contributed by atoms with Gasteiger partial charge in [-0.05, 0) is 31.9 Å². The zero-order valence-electron chi connectivity index (χ0n) is 22.9. The molecule has 0 saturated heterocycles. The molecule has 0 aliphatic carbocycles. The van der Waals surface area contributed by atoms with E-state index in [0.717, 1.165) is 18.6 Å². The van der Waals surface area contributed by atoms with E-state index in [0.29, 0.717) is 6.42 Å². The van der Waals surface area contributed by atoms with E-state index in [1.807, 2.05) is 25.6 Å². The van der Waals surface area contributed by atoms with Crippen LogP contribution in [0.5, 0.6) is 0 Å². The van der Waals surface area contributed by atoms with Crippen molar-refractivity contribution in [3.8, 4) is 0 Å². The van der Waals surface area contributed by atoms with Crippen LogP contribution >= 0.6 is 20.2 Å². The molecule has 1 N–H and O–H groups in total. The normalized spacial score (nSPS) is 15.2. The Labute approximate surface area is 221 Å². The maximum absolute atomic E-state index is 11.7. The van der Waals surface area contributed by atoms with Crippen LogP contribution in [0.4, 0.5) is 0 Å². The molecule has 208 valence electrons. The predicted molar refractivity (Wildman–Crippen MR) is 147 cm³/mol. The van der Waals surface area contributed by atoms with Gasteiger partial charge in [0.05, 0.1) is 6.61 Å². The molecule has 0 aliphatic rings. The first-order valence-corrected chi connectivity index (χ1v) is 16.0. The fourth-order valence-electron chi connectivity index (χ4n) is 3.87. The Morgan fingerprint density at radius 2 is 1.34 bits per heavy atom. The van der Waals surface area contributed by atoms with Crippen LogP contribution in [0, 0.1) is 0 Å². The Kier molecular flexibility index (Phi) is 24.0. The number of carbonyl (C=O) groups is 1. The average Bonchev–Trinajstić information content (AvgIpc) is 2.85. The molecule has 0 radical (unpaired) electrons. The van der Waals surface area contributed by atoms with Gasteiger partial charge in [0.1, 0.15) is 6.10 Å². The van der Waals surface area contributed by atoms with Crippen LogP contribution in [0.25, 0.3) is 0 Å². The zero-order valence-corrected chi connectivity index (χ0v) is 24.6. The second kappa shape index (κ2) is 24.2. The summed E-state index contributed by atoms with van der Waals surface area (Å²) in [5, 5.41) is 9.70. The number of hydrogen-bond acceptors (Lipinski definition) is 6. The molecule has 8 heteroatoms. The molecule has 0 aliphatic heterocycles. The summed E-state index contributed by atoms with van der Waals surface area (Å²) in [4.78, 5) is 22.4. The monoisotopic (exact) mass is 536 g/mol. The molecule has 0 aromatic carbocycles. The van der Waals surface area contributed by atoms with Crippen molar-refractivity contribution in [2.75, 3.05) is 12.4 Å². The van der Waals surface area contributed by atoms with Crippen LogP contribution in [0.3, 0.4) is 0 Å². The lowest BCUT2D eigenvalue weighted by molar-refractivity contribution is -0.402. The van der Waals surface area contributed by atoms with Crippen LogP contribution in [0.15, 0.2) is 0 Å². The molecular formula is C27H53O6PS. The van der Waals surface area contributed by atoms with E-state index in [9.17, 15) is 14.5 Å². The Hall–Kier alpha value is -0.200. The predicted octanol–water partition coefficient (Wildman–Crippen LogP) is 9.16. The highest BCUT2D eigenvalue weighted by Gasteiger charge is 2.45. The minimum Gasteiger partial charge on any atom is -0.477 e. The molecule has 0 bridgehead atoms. The molecule has 0 spiro atoms. The number of rotatable bonds is 27. The first kappa shape index (κ1) is 34.8. The molecule has 6 nitrogen and oxygen atoms in total. The Morgan fingerprint density at radius 3 is 1.83 bits per heavy atom. The number of hydrogen-bond donors (Lipinski definition) is 1. The van der Waals surface area contributed by atoms with Crippen molar-refractivity contribution in [2.45, 2.75) is 154 Å². The summed E-state index contributed by atoms with van der Waals surface area (Å²) in [5.74, 6) is -0.398. The van der Waals surface area contributed by atoms with Crippen LogP contribution in [-0.2, 0) is 23.9 Å². The third-order valence-corrected chi connectivity index (χ3v) is 8.36. The van der Waals surface area contributed by atoms with Crippen LogP contribution < -0.4 is 0 Å². The molecule has 3 unspecified atom stereocenters. The van der Waals surface area contributed by atoms with E-state index in [2.05, 4.69) is 13.8 Å². The first-order chi connectivity index (χ1) is 17.0. The third-order valence-electron chi connectivity index (χ3n) is 6.15. The second-order valence-corrected chi connectivity index (χ2v) is 11.6. The van der Waals surface area contributed by atoms with Crippen LogP contribution in [0.1, 0.15) is 137 Å².